The lowest BCUT2D eigenvalue weighted by Crippen LogP contribution is -2.60. The third-order valence-corrected chi connectivity index (χ3v) is 12.3. The number of nitrogens with zero attached hydrogens (tertiary/aromatic N) is 7. The molecule has 1 N–H and O–H groups in total. The minimum absolute atomic E-state index is 0.00441. The van der Waals surface area contributed by atoms with Crippen molar-refractivity contribution in [3.8, 4) is 29.1 Å². The topological polar surface area (TPSA) is 146 Å². The van der Waals surface area contributed by atoms with E-state index in [-0.39, 0.29) is 89.8 Å². The highest BCUT2D eigenvalue weighted by Gasteiger charge is 2.45. The molecule has 3 unspecified atom stereocenters. The fourth-order valence-corrected chi connectivity index (χ4v) is 9.72. The average Bonchev–Trinajstić information content (AvgIpc) is 3.92. The van der Waals surface area contributed by atoms with Crippen LogP contribution in [-0.4, -0.2) is 106 Å². The summed E-state index contributed by atoms with van der Waals surface area (Å²) in [5.41, 5.74) is -1.25. The van der Waals surface area contributed by atoms with Crippen molar-refractivity contribution in [2.24, 2.45) is 0 Å². The Hall–Kier alpha value is -5.43. The maximum Gasteiger partial charge on any atom is 0.416 e. The van der Waals surface area contributed by atoms with Crippen LogP contribution in [0.1, 0.15) is 63.9 Å². The number of hydrogen-bond donors (Lipinski definition) is 1. The molecule has 57 heavy (non-hydrogen) atoms. The van der Waals surface area contributed by atoms with E-state index in [9.17, 15) is 14.9 Å². The normalized spacial score (nSPS) is 24.6. The smallest absolute Gasteiger partial charge is 0.416 e. The van der Waals surface area contributed by atoms with Gasteiger partial charge in [-0.15, -0.1) is 0 Å². The van der Waals surface area contributed by atoms with Gasteiger partial charge in [-0.25, -0.2) is 22.8 Å². The van der Waals surface area contributed by atoms with Crippen LogP contribution in [0.2, 0.25) is 0 Å². The molecule has 4 aromatic rings. The number of benzene rings is 2. The second-order valence-electron chi connectivity index (χ2n) is 16.3. The molecule has 6 bridgehead atoms. The number of ether oxygens (including phenoxy) is 3. The van der Waals surface area contributed by atoms with Gasteiger partial charge < -0.3 is 24.4 Å². The summed E-state index contributed by atoms with van der Waals surface area (Å²) in [5, 5.41) is 13.4. The van der Waals surface area contributed by atoms with Gasteiger partial charge >= 0.3 is 18.2 Å². The first-order chi connectivity index (χ1) is 27.5. The Morgan fingerprint density at radius 3 is 2.75 bits per heavy atom. The van der Waals surface area contributed by atoms with E-state index in [4.69, 9.17) is 19.2 Å². The highest BCUT2D eigenvalue weighted by atomic mass is 19.1. The third-order valence-electron chi connectivity index (χ3n) is 12.3. The number of rotatable bonds is 4. The molecule has 6 aliphatic heterocycles. The van der Waals surface area contributed by atoms with Crippen molar-refractivity contribution in [1.29, 1.82) is 5.26 Å². The molecule has 0 radical (unpaired) electrons. The Balaban J connectivity index is 1.22. The number of alkyl halides is 1. The number of anilines is 1. The predicted octanol–water partition coefficient (Wildman–Crippen LogP) is 6.60. The minimum atomic E-state index is -1.39. The van der Waals surface area contributed by atoms with E-state index in [0.717, 1.165) is 38.8 Å². The predicted molar refractivity (Wildman–Crippen MR) is 203 cm³/mol. The summed E-state index contributed by atoms with van der Waals surface area (Å²) in [4.78, 5) is 45.9. The van der Waals surface area contributed by atoms with Gasteiger partial charge in [-0.2, -0.15) is 15.2 Å². The van der Waals surface area contributed by atoms with Crippen molar-refractivity contribution in [2.45, 2.75) is 88.0 Å². The van der Waals surface area contributed by atoms with Gasteiger partial charge in [0.1, 0.15) is 47.4 Å². The summed E-state index contributed by atoms with van der Waals surface area (Å²) in [6, 6.07) is 7.19. The Kier molecular flexibility index (Phi) is 9.45. The molecule has 8 heterocycles. The number of pyridine rings is 1. The summed E-state index contributed by atoms with van der Waals surface area (Å²) < 4.78 is 66.8. The van der Waals surface area contributed by atoms with E-state index in [0.29, 0.717) is 36.8 Å². The van der Waals surface area contributed by atoms with E-state index in [1.54, 1.807) is 17.9 Å². The molecule has 10 rings (SSSR count). The number of piperidine rings is 1. The Morgan fingerprint density at radius 1 is 1.12 bits per heavy atom. The number of hydrogen-bond acceptors (Lipinski definition) is 11. The van der Waals surface area contributed by atoms with E-state index >= 15 is 13.2 Å². The second kappa shape index (κ2) is 14.5. The number of likely N-dealkylation sites (tertiary alicyclic amines) is 1. The number of nitrogens with one attached hydrogen (secondary N) is 1. The fraction of sp³-hybridized carbons (Fsp3) is 0.512. The van der Waals surface area contributed by atoms with Crippen molar-refractivity contribution < 1.29 is 37.0 Å². The molecule has 4 fully saturated rings. The van der Waals surface area contributed by atoms with E-state index in [1.165, 1.54) is 29.3 Å². The van der Waals surface area contributed by atoms with Gasteiger partial charge in [0, 0.05) is 31.3 Å². The number of amides is 2. The van der Waals surface area contributed by atoms with Gasteiger partial charge in [-0.1, -0.05) is 6.07 Å². The number of alkyl carbamates (subject to hydrolysis) is 1. The van der Waals surface area contributed by atoms with Gasteiger partial charge in [-0.3, -0.25) is 14.8 Å². The molecule has 4 saturated heterocycles. The minimum Gasteiger partial charge on any atom is -0.461 e. The number of halogens is 3. The summed E-state index contributed by atoms with van der Waals surface area (Å²) in [5.74, 6) is -1.20. The zero-order chi connectivity index (χ0) is 39.5. The van der Waals surface area contributed by atoms with Gasteiger partial charge in [0.25, 0.3) is 0 Å². The first kappa shape index (κ1) is 37.2. The van der Waals surface area contributed by atoms with Crippen molar-refractivity contribution in [3.05, 3.63) is 47.7 Å². The maximum atomic E-state index is 17.5. The first-order valence-corrected chi connectivity index (χ1v) is 19.7. The van der Waals surface area contributed by atoms with Crippen LogP contribution in [0, 0.1) is 23.0 Å². The van der Waals surface area contributed by atoms with Crippen molar-refractivity contribution in [2.75, 3.05) is 50.8 Å². The van der Waals surface area contributed by atoms with E-state index < -0.39 is 41.6 Å². The summed E-state index contributed by atoms with van der Waals surface area (Å²) in [6.45, 7) is 4.24. The number of nitriles is 1. The number of aromatic nitrogens is 3. The largest absolute Gasteiger partial charge is 0.461 e. The van der Waals surface area contributed by atoms with Gasteiger partial charge in [-0.05, 0) is 106 Å². The number of aryl methyl sites for hydroxylation is 1. The third kappa shape index (κ3) is 6.79. The molecule has 6 aliphatic rings. The molecular weight excluding hydrogens is 741 g/mol. The quantitative estimate of drug-likeness (QED) is 0.239. The summed E-state index contributed by atoms with van der Waals surface area (Å²) >= 11 is 0. The van der Waals surface area contributed by atoms with Crippen molar-refractivity contribution >= 4 is 39.7 Å². The molecule has 16 heteroatoms. The Morgan fingerprint density at radius 2 is 1.95 bits per heavy atom. The van der Waals surface area contributed by atoms with Crippen molar-refractivity contribution in [3.63, 3.8) is 0 Å². The van der Waals surface area contributed by atoms with Crippen LogP contribution in [0.25, 0.3) is 32.9 Å². The molecule has 2 aromatic carbocycles. The number of carbonyl (C=O) groups excluding carboxylic acids is 2. The molecular formula is C41H43F3N8O5. The van der Waals surface area contributed by atoms with E-state index in [2.05, 4.69) is 26.3 Å². The second-order valence-corrected chi connectivity index (χ2v) is 16.3. The van der Waals surface area contributed by atoms with Crippen LogP contribution in [0.5, 0.6) is 11.8 Å². The highest BCUT2D eigenvalue weighted by molar-refractivity contribution is 6.02. The molecule has 0 aliphatic carbocycles. The zero-order valence-corrected chi connectivity index (χ0v) is 31.7. The number of fused-ring (bicyclic) bond motifs is 7. The van der Waals surface area contributed by atoms with Crippen molar-refractivity contribution in [1.82, 2.24) is 30.1 Å². The van der Waals surface area contributed by atoms with Gasteiger partial charge in [0.05, 0.1) is 35.7 Å². The molecule has 2 amide bonds. The van der Waals surface area contributed by atoms with Crippen LogP contribution >= 0.6 is 0 Å². The highest BCUT2D eigenvalue weighted by Crippen LogP contribution is 2.42. The molecule has 298 valence electrons. The zero-order valence-electron chi connectivity index (χ0n) is 31.7. The molecule has 2 aromatic heterocycles. The van der Waals surface area contributed by atoms with Gasteiger partial charge in [0.15, 0.2) is 5.82 Å². The molecule has 13 nitrogen and oxygen atoms in total. The molecule has 0 spiro atoms. The Bertz CT molecular complexity index is 2310. The van der Waals surface area contributed by atoms with Crippen LogP contribution in [-0.2, 0) is 11.2 Å². The van der Waals surface area contributed by atoms with Crippen LogP contribution in [0.3, 0.4) is 0 Å². The van der Waals surface area contributed by atoms with Gasteiger partial charge in [0.2, 0.25) is 0 Å². The van der Waals surface area contributed by atoms with Crippen LogP contribution in [0.4, 0.5) is 28.6 Å². The fourth-order valence-electron chi connectivity index (χ4n) is 9.72. The lowest BCUT2D eigenvalue weighted by Gasteiger charge is -2.42. The summed E-state index contributed by atoms with van der Waals surface area (Å²) in [7, 11) is 0. The lowest BCUT2D eigenvalue weighted by atomic mass is 9.90. The Labute approximate surface area is 327 Å². The monoisotopic (exact) mass is 784 g/mol. The lowest BCUT2D eigenvalue weighted by molar-refractivity contribution is 0.107. The standard InChI is InChI=1S/C41H43F3N8O5/c1-40-18-25(42)21-50(22-40)36-30-20-46-34(33(44)35(30)47-37(48-36)56-23-41-10-4-12-51(41)13-5-11-41)29-17-27(57-39(54)52-14-2-6-26(52)19-45)16-24-8-9-31(43)28(32(24)29)7-3-15-55-38(53)49-40/h8-9,16-17,20,25-26H,2-7,10-15,18,21-23H2,1H3,(H,49,53). The maximum absolute atomic E-state index is 17.5. The number of carbonyl (C=O) groups is 2. The van der Waals surface area contributed by atoms with Crippen LogP contribution in [0.15, 0.2) is 30.5 Å². The molecule has 0 saturated carbocycles. The SMILES string of the molecule is CC12CC(F)CN(C1)c1nc(OCC34CCCN3CCC4)nc3c(F)c(ncc13)-c1cc(OC(=O)N3CCCC3C#N)cc3ccc(F)c(c13)CCCOC(=O)N2. The molecule has 3 atom stereocenters. The van der Waals surface area contributed by atoms with E-state index in [1.807, 2.05) is 0 Å². The first-order valence-electron chi connectivity index (χ1n) is 19.7. The van der Waals surface area contributed by atoms with Crippen LogP contribution < -0.4 is 19.7 Å². The summed E-state index contributed by atoms with van der Waals surface area (Å²) in [6.07, 6.45) is 4.00. The average molecular weight is 785 g/mol.